The SMILES string of the molecule is C/C=C\COc1ccc(Cl)cc1Cl. The van der Waals surface area contributed by atoms with Crippen molar-refractivity contribution in [1.29, 1.82) is 0 Å². The van der Waals surface area contributed by atoms with Gasteiger partial charge in [-0.2, -0.15) is 0 Å². The van der Waals surface area contributed by atoms with Crippen LogP contribution in [0.15, 0.2) is 30.4 Å². The highest BCUT2D eigenvalue weighted by Gasteiger charge is 2.00. The normalized spacial score (nSPS) is 10.7. The van der Waals surface area contributed by atoms with Crippen molar-refractivity contribution in [1.82, 2.24) is 0 Å². The third kappa shape index (κ3) is 3.29. The number of hydrogen-bond donors (Lipinski definition) is 0. The summed E-state index contributed by atoms with van der Waals surface area (Å²) in [7, 11) is 0. The standard InChI is InChI=1S/C10H10Cl2O/c1-2-3-6-13-10-5-4-8(11)7-9(10)12/h2-5,7H,6H2,1H3/b3-2-. The minimum atomic E-state index is 0.526. The fraction of sp³-hybridized carbons (Fsp3) is 0.200. The van der Waals surface area contributed by atoms with Crippen LogP contribution < -0.4 is 4.74 Å². The van der Waals surface area contributed by atoms with Crippen molar-refractivity contribution in [3.63, 3.8) is 0 Å². The molecule has 0 fully saturated rings. The second-order valence-electron chi connectivity index (χ2n) is 2.45. The maximum Gasteiger partial charge on any atom is 0.138 e. The molecule has 0 saturated carbocycles. The average Bonchev–Trinajstić information content (AvgIpc) is 2.09. The Morgan fingerprint density at radius 1 is 1.38 bits per heavy atom. The smallest absolute Gasteiger partial charge is 0.138 e. The van der Waals surface area contributed by atoms with Crippen molar-refractivity contribution < 1.29 is 4.74 Å². The Morgan fingerprint density at radius 2 is 2.15 bits per heavy atom. The lowest BCUT2D eigenvalue weighted by Crippen LogP contribution is -1.93. The lowest BCUT2D eigenvalue weighted by molar-refractivity contribution is 0.363. The Kier molecular flexibility index (Phi) is 4.13. The van der Waals surface area contributed by atoms with Crippen LogP contribution in [0.4, 0.5) is 0 Å². The summed E-state index contributed by atoms with van der Waals surface area (Å²) in [4.78, 5) is 0. The molecule has 0 aliphatic rings. The minimum Gasteiger partial charge on any atom is -0.488 e. The van der Waals surface area contributed by atoms with E-state index < -0.39 is 0 Å². The van der Waals surface area contributed by atoms with E-state index in [1.807, 2.05) is 19.1 Å². The molecular formula is C10H10Cl2O. The van der Waals surface area contributed by atoms with E-state index in [0.717, 1.165) is 0 Å². The molecule has 3 heteroatoms. The molecule has 0 atom stereocenters. The zero-order valence-electron chi connectivity index (χ0n) is 7.26. The van der Waals surface area contributed by atoms with Crippen molar-refractivity contribution in [2.75, 3.05) is 6.61 Å². The van der Waals surface area contributed by atoms with E-state index in [2.05, 4.69) is 0 Å². The van der Waals surface area contributed by atoms with Crippen LogP contribution in [0.1, 0.15) is 6.92 Å². The van der Waals surface area contributed by atoms with Gasteiger partial charge in [-0.15, -0.1) is 0 Å². The average molecular weight is 217 g/mol. The Bertz CT molecular complexity index is 308. The van der Waals surface area contributed by atoms with Gasteiger partial charge in [0.05, 0.1) is 5.02 Å². The zero-order chi connectivity index (χ0) is 9.68. The van der Waals surface area contributed by atoms with E-state index in [-0.39, 0.29) is 0 Å². The summed E-state index contributed by atoms with van der Waals surface area (Å²) in [5.74, 6) is 0.657. The van der Waals surface area contributed by atoms with Gasteiger partial charge in [-0.1, -0.05) is 35.4 Å². The fourth-order valence-electron chi connectivity index (χ4n) is 0.826. The molecule has 0 heterocycles. The number of benzene rings is 1. The van der Waals surface area contributed by atoms with Gasteiger partial charge in [0.25, 0.3) is 0 Å². The van der Waals surface area contributed by atoms with Crippen LogP contribution in [0, 0.1) is 0 Å². The van der Waals surface area contributed by atoms with E-state index in [1.165, 1.54) is 0 Å². The van der Waals surface area contributed by atoms with E-state index in [4.69, 9.17) is 27.9 Å². The van der Waals surface area contributed by atoms with Gasteiger partial charge in [0.1, 0.15) is 12.4 Å². The highest BCUT2D eigenvalue weighted by molar-refractivity contribution is 6.35. The van der Waals surface area contributed by atoms with Crippen molar-refractivity contribution in [3.05, 3.63) is 40.4 Å². The largest absolute Gasteiger partial charge is 0.488 e. The molecular weight excluding hydrogens is 207 g/mol. The maximum atomic E-state index is 5.87. The molecule has 0 aliphatic heterocycles. The summed E-state index contributed by atoms with van der Waals surface area (Å²) in [6.07, 6.45) is 3.83. The molecule has 1 nitrogen and oxygen atoms in total. The molecule has 1 aromatic rings. The first-order valence-corrected chi connectivity index (χ1v) is 4.68. The van der Waals surface area contributed by atoms with Crippen LogP contribution in [0.25, 0.3) is 0 Å². The van der Waals surface area contributed by atoms with Crippen molar-refractivity contribution in [2.45, 2.75) is 6.92 Å². The summed E-state index contributed by atoms with van der Waals surface area (Å²) in [5.41, 5.74) is 0. The van der Waals surface area contributed by atoms with Gasteiger partial charge in [0.15, 0.2) is 0 Å². The predicted molar refractivity (Wildman–Crippen MR) is 56.8 cm³/mol. The Morgan fingerprint density at radius 3 is 2.77 bits per heavy atom. The number of allylic oxidation sites excluding steroid dienone is 1. The topological polar surface area (TPSA) is 9.23 Å². The van der Waals surface area contributed by atoms with Crippen molar-refractivity contribution in [3.8, 4) is 5.75 Å². The number of rotatable bonds is 3. The van der Waals surface area contributed by atoms with Crippen LogP contribution in [0.5, 0.6) is 5.75 Å². The van der Waals surface area contributed by atoms with Gasteiger partial charge in [-0.05, 0) is 25.1 Å². The van der Waals surface area contributed by atoms with Gasteiger partial charge in [0, 0.05) is 5.02 Å². The van der Waals surface area contributed by atoms with E-state index in [1.54, 1.807) is 18.2 Å². The highest BCUT2D eigenvalue weighted by atomic mass is 35.5. The lowest BCUT2D eigenvalue weighted by atomic mass is 10.3. The fourth-order valence-corrected chi connectivity index (χ4v) is 1.29. The van der Waals surface area contributed by atoms with E-state index >= 15 is 0 Å². The van der Waals surface area contributed by atoms with Crippen molar-refractivity contribution in [2.24, 2.45) is 0 Å². The number of hydrogen-bond acceptors (Lipinski definition) is 1. The Hall–Kier alpha value is -0.660. The van der Waals surface area contributed by atoms with Gasteiger partial charge in [-0.25, -0.2) is 0 Å². The predicted octanol–water partition coefficient (Wildman–Crippen LogP) is 3.95. The molecule has 1 aromatic carbocycles. The monoisotopic (exact) mass is 216 g/mol. The zero-order valence-corrected chi connectivity index (χ0v) is 8.77. The molecule has 13 heavy (non-hydrogen) atoms. The molecule has 70 valence electrons. The van der Waals surface area contributed by atoms with Crippen LogP contribution >= 0.6 is 23.2 Å². The van der Waals surface area contributed by atoms with Gasteiger partial charge >= 0.3 is 0 Å². The minimum absolute atomic E-state index is 0.526. The Balaban J connectivity index is 2.66. The molecule has 0 amide bonds. The first-order valence-electron chi connectivity index (χ1n) is 3.93. The Labute approximate surface area is 87.9 Å². The van der Waals surface area contributed by atoms with Gasteiger partial charge in [0.2, 0.25) is 0 Å². The molecule has 0 bridgehead atoms. The van der Waals surface area contributed by atoms with Crippen LogP contribution in [0.2, 0.25) is 10.0 Å². The second kappa shape index (κ2) is 5.15. The lowest BCUT2D eigenvalue weighted by Gasteiger charge is -2.04. The molecule has 0 aromatic heterocycles. The summed E-state index contributed by atoms with van der Waals surface area (Å²) >= 11 is 11.6. The summed E-state index contributed by atoms with van der Waals surface area (Å²) in [5, 5.41) is 1.15. The summed E-state index contributed by atoms with van der Waals surface area (Å²) in [6.45, 7) is 2.46. The first-order chi connectivity index (χ1) is 6.24. The third-order valence-electron chi connectivity index (χ3n) is 1.46. The summed E-state index contributed by atoms with van der Waals surface area (Å²) in [6, 6.07) is 5.17. The van der Waals surface area contributed by atoms with Crippen LogP contribution in [0.3, 0.4) is 0 Å². The first kappa shape index (κ1) is 10.4. The molecule has 1 rings (SSSR count). The second-order valence-corrected chi connectivity index (χ2v) is 3.30. The van der Waals surface area contributed by atoms with Gasteiger partial charge in [-0.3, -0.25) is 0 Å². The number of ether oxygens (including phenoxy) is 1. The van der Waals surface area contributed by atoms with Crippen molar-refractivity contribution >= 4 is 23.2 Å². The molecule has 0 spiro atoms. The van der Waals surface area contributed by atoms with E-state index in [0.29, 0.717) is 22.4 Å². The third-order valence-corrected chi connectivity index (χ3v) is 2.00. The summed E-state index contributed by atoms with van der Waals surface area (Å²) < 4.78 is 5.35. The molecule has 0 unspecified atom stereocenters. The highest BCUT2D eigenvalue weighted by Crippen LogP contribution is 2.27. The van der Waals surface area contributed by atoms with E-state index in [9.17, 15) is 0 Å². The van der Waals surface area contributed by atoms with Crippen LogP contribution in [-0.2, 0) is 0 Å². The molecule has 0 aliphatic carbocycles. The van der Waals surface area contributed by atoms with Gasteiger partial charge < -0.3 is 4.74 Å². The van der Waals surface area contributed by atoms with Crippen LogP contribution in [-0.4, -0.2) is 6.61 Å². The molecule has 0 N–H and O–H groups in total. The molecule has 0 saturated heterocycles. The molecule has 0 radical (unpaired) electrons. The quantitative estimate of drug-likeness (QED) is 0.696. The number of halogens is 2. The maximum absolute atomic E-state index is 5.87.